The number of hydrogen-bond donors (Lipinski definition) is 1. The minimum atomic E-state index is 0.731. The Morgan fingerprint density at radius 2 is 1.76 bits per heavy atom. The maximum absolute atomic E-state index is 5.23. The van der Waals surface area contributed by atoms with E-state index in [1.807, 2.05) is 0 Å². The molecule has 2 nitrogen and oxygen atoms in total. The summed E-state index contributed by atoms with van der Waals surface area (Å²) in [5.74, 6) is 3.41. The van der Waals surface area contributed by atoms with Gasteiger partial charge >= 0.3 is 0 Å². The molecule has 0 heterocycles. The van der Waals surface area contributed by atoms with Gasteiger partial charge in [-0.15, -0.1) is 0 Å². The van der Waals surface area contributed by atoms with E-state index in [9.17, 15) is 0 Å². The van der Waals surface area contributed by atoms with Crippen molar-refractivity contribution in [1.82, 2.24) is 5.32 Å². The molecule has 0 aliphatic heterocycles. The zero-order chi connectivity index (χ0) is 14.8. The van der Waals surface area contributed by atoms with E-state index in [1.165, 1.54) is 37.7 Å². The second-order valence-corrected chi connectivity index (χ2v) is 7.18. The van der Waals surface area contributed by atoms with Crippen LogP contribution in [0.1, 0.15) is 57.4 Å². The monoisotopic (exact) mass is 287 g/mol. The molecule has 2 heteroatoms. The second-order valence-electron chi connectivity index (χ2n) is 7.18. The first-order chi connectivity index (χ1) is 10.2. The normalized spacial score (nSPS) is 36.0. The number of benzene rings is 1. The highest BCUT2D eigenvalue weighted by atomic mass is 16.5. The molecule has 2 saturated carbocycles. The van der Waals surface area contributed by atoms with E-state index in [-0.39, 0.29) is 0 Å². The third-order valence-electron chi connectivity index (χ3n) is 5.88. The molecule has 2 fully saturated rings. The van der Waals surface area contributed by atoms with Crippen molar-refractivity contribution in [3.8, 4) is 5.75 Å². The van der Waals surface area contributed by atoms with Gasteiger partial charge in [-0.1, -0.05) is 38.8 Å². The van der Waals surface area contributed by atoms with Gasteiger partial charge in [-0.05, 0) is 54.7 Å². The molecule has 3 atom stereocenters. The number of methoxy groups -OCH3 is 1. The number of nitrogens with one attached hydrogen (secondary N) is 1. The maximum atomic E-state index is 5.23. The van der Waals surface area contributed by atoms with E-state index in [0.717, 1.165) is 35.6 Å². The molecule has 0 spiro atoms. The van der Waals surface area contributed by atoms with E-state index < -0.39 is 0 Å². The van der Waals surface area contributed by atoms with Gasteiger partial charge in [0, 0.05) is 12.1 Å². The fraction of sp³-hybridized carbons (Fsp3) is 0.684. The predicted molar refractivity (Wildman–Crippen MR) is 87.9 cm³/mol. The standard InChI is InChI=1S/C19H29NO/c1-13-5-4-6-19(14(13)2)20-17-11-16(12-17)15-7-9-18(21-3)10-8-15/h7-10,13-14,16-17,19-20H,4-6,11-12H2,1-3H3. The first-order valence-electron chi connectivity index (χ1n) is 8.57. The van der Waals surface area contributed by atoms with Crippen LogP contribution in [0.2, 0.25) is 0 Å². The van der Waals surface area contributed by atoms with Crippen molar-refractivity contribution in [2.45, 2.75) is 64.0 Å². The summed E-state index contributed by atoms with van der Waals surface area (Å²) in [5.41, 5.74) is 1.47. The van der Waals surface area contributed by atoms with E-state index in [1.54, 1.807) is 7.11 Å². The molecule has 116 valence electrons. The summed E-state index contributed by atoms with van der Waals surface area (Å²) in [6, 6.07) is 10.1. The van der Waals surface area contributed by atoms with E-state index >= 15 is 0 Å². The largest absolute Gasteiger partial charge is 0.497 e. The minimum absolute atomic E-state index is 0.731. The summed E-state index contributed by atoms with van der Waals surface area (Å²) in [6.07, 6.45) is 6.78. The molecule has 0 radical (unpaired) electrons. The smallest absolute Gasteiger partial charge is 0.118 e. The Balaban J connectivity index is 1.49. The van der Waals surface area contributed by atoms with Crippen LogP contribution in [-0.4, -0.2) is 19.2 Å². The minimum Gasteiger partial charge on any atom is -0.497 e. The Morgan fingerprint density at radius 1 is 1.05 bits per heavy atom. The molecule has 3 rings (SSSR count). The Bertz CT molecular complexity index is 449. The number of hydrogen-bond acceptors (Lipinski definition) is 2. The highest BCUT2D eigenvalue weighted by molar-refractivity contribution is 5.31. The fourth-order valence-electron chi connectivity index (χ4n) is 4.02. The van der Waals surface area contributed by atoms with Crippen LogP contribution in [0.25, 0.3) is 0 Å². The van der Waals surface area contributed by atoms with E-state index in [4.69, 9.17) is 4.74 Å². The van der Waals surface area contributed by atoms with Crippen LogP contribution >= 0.6 is 0 Å². The molecular formula is C19H29NO. The van der Waals surface area contributed by atoms with Crippen molar-refractivity contribution in [2.24, 2.45) is 11.8 Å². The molecule has 1 N–H and O–H groups in total. The highest BCUT2D eigenvalue weighted by Gasteiger charge is 2.34. The summed E-state index contributed by atoms with van der Waals surface area (Å²) in [6.45, 7) is 4.85. The van der Waals surface area contributed by atoms with Crippen molar-refractivity contribution < 1.29 is 4.74 Å². The Hall–Kier alpha value is -1.02. The predicted octanol–water partition coefficient (Wildman–Crippen LogP) is 4.36. The molecule has 0 bridgehead atoms. The average molecular weight is 287 g/mol. The molecule has 21 heavy (non-hydrogen) atoms. The van der Waals surface area contributed by atoms with Crippen molar-refractivity contribution in [3.63, 3.8) is 0 Å². The van der Waals surface area contributed by atoms with Gasteiger partial charge in [0.2, 0.25) is 0 Å². The summed E-state index contributed by atoms with van der Waals surface area (Å²) < 4.78 is 5.23. The van der Waals surface area contributed by atoms with Crippen LogP contribution in [0, 0.1) is 11.8 Å². The van der Waals surface area contributed by atoms with Crippen LogP contribution in [0.4, 0.5) is 0 Å². The maximum Gasteiger partial charge on any atom is 0.118 e. The summed E-state index contributed by atoms with van der Waals surface area (Å²) in [5, 5.41) is 3.93. The lowest BCUT2D eigenvalue weighted by atomic mass is 9.73. The first kappa shape index (κ1) is 14.9. The van der Waals surface area contributed by atoms with Crippen molar-refractivity contribution >= 4 is 0 Å². The first-order valence-corrected chi connectivity index (χ1v) is 8.57. The van der Waals surface area contributed by atoms with E-state index in [0.29, 0.717) is 0 Å². The fourth-order valence-corrected chi connectivity index (χ4v) is 4.02. The van der Waals surface area contributed by atoms with Gasteiger partial charge in [-0.2, -0.15) is 0 Å². The van der Waals surface area contributed by atoms with Crippen LogP contribution in [-0.2, 0) is 0 Å². The molecule has 3 unspecified atom stereocenters. The van der Waals surface area contributed by atoms with Gasteiger partial charge in [-0.3, -0.25) is 0 Å². The van der Waals surface area contributed by atoms with Gasteiger partial charge in [0.15, 0.2) is 0 Å². The third-order valence-corrected chi connectivity index (χ3v) is 5.88. The summed E-state index contributed by atoms with van der Waals surface area (Å²) >= 11 is 0. The van der Waals surface area contributed by atoms with Gasteiger partial charge < -0.3 is 10.1 Å². The molecule has 2 aliphatic rings. The van der Waals surface area contributed by atoms with Gasteiger partial charge in [-0.25, -0.2) is 0 Å². The van der Waals surface area contributed by atoms with Gasteiger partial charge in [0.05, 0.1) is 7.11 Å². The molecule has 0 amide bonds. The quantitative estimate of drug-likeness (QED) is 0.888. The van der Waals surface area contributed by atoms with Crippen LogP contribution in [0.15, 0.2) is 24.3 Å². The lowest BCUT2D eigenvalue weighted by Crippen LogP contribution is -2.50. The average Bonchev–Trinajstić information content (AvgIpc) is 2.47. The Labute approximate surface area is 129 Å². The third kappa shape index (κ3) is 3.26. The molecular weight excluding hydrogens is 258 g/mol. The molecule has 0 saturated heterocycles. The van der Waals surface area contributed by atoms with Gasteiger partial charge in [0.1, 0.15) is 5.75 Å². The number of rotatable bonds is 4. The van der Waals surface area contributed by atoms with Crippen molar-refractivity contribution in [3.05, 3.63) is 29.8 Å². The Kier molecular flexibility index (Phi) is 4.54. The lowest BCUT2D eigenvalue weighted by Gasteiger charge is -2.43. The van der Waals surface area contributed by atoms with Crippen LogP contribution in [0.5, 0.6) is 5.75 Å². The van der Waals surface area contributed by atoms with Crippen molar-refractivity contribution in [1.29, 1.82) is 0 Å². The highest BCUT2D eigenvalue weighted by Crippen LogP contribution is 2.39. The zero-order valence-corrected chi connectivity index (χ0v) is 13.6. The molecule has 1 aromatic rings. The zero-order valence-electron chi connectivity index (χ0n) is 13.6. The summed E-state index contributed by atoms with van der Waals surface area (Å²) in [7, 11) is 1.73. The Morgan fingerprint density at radius 3 is 2.43 bits per heavy atom. The number of ether oxygens (including phenoxy) is 1. The topological polar surface area (TPSA) is 21.3 Å². The van der Waals surface area contributed by atoms with Gasteiger partial charge in [0.25, 0.3) is 0 Å². The SMILES string of the molecule is COc1ccc(C2CC(NC3CCCC(C)C3C)C2)cc1. The lowest BCUT2D eigenvalue weighted by molar-refractivity contribution is 0.162. The van der Waals surface area contributed by atoms with Crippen LogP contribution < -0.4 is 10.1 Å². The molecule has 0 aromatic heterocycles. The van der Waals surface area contributed by atoms with E-state index in [2.05, 4.69) is 43.4 Å². The molecule has 2 aliphatic carbocycles. The second kappa shape index (κ2) is 6.39. The molecule has 1 aromatic carbocycles. The van der Waals surface area contributed by atoms with Crippen molar-refractivity contribution in [2.75, 3.05) is 7.11 Å². The van der Waals surface area contributed by atoms with Crippen LogP contribution in [0.3, 0.4) is 0 Å². The summed E-state index contributed by atoms with van der Waals surface area (Å²) in [4.78, 5) is 0.